The highest BCUT2D eigenvalue weighted by Crippen LogP contribution is 2.28. The van der Waals surface area contributed by atoms with Crippen LogP contribution in [0.5, 0.6) is 0 Å². The number of halogens is 3. The molecule has 0 unspecified atom stereocenters. The number of rotatable bonds is 10. The van der Waals surface area contributed by atoms with Crippen LogP contribution in [0.15, 0.2) is 76.5 Å². The molecule has 0 spiro atoms. The van der Waals surface area contributed by atoms with Gasteiger partial charge in [-0.2, -0.15) is 13.2 Å². The van der Waals surface area contributed by atoms with Crippen molar-refractivity contribution in [1.29, 1.82) is 0 Å². The SMILES string of the molecule is C=CC/C(=C\C(N)=C/Cc1cnc(N)c(=O)n1CC(=O)NCc1ccc(/C(N)=N/O)cc1)C(F)(F)F. The fourth-order valence-electron chi connectivity index (χ4n) is 3.02. The van der Waals surface area contributed by atoms with Crippen LogP contribution in [-0.2, 0) is 24.3 Å². The molecule has 8 N–H and O–H groups in total. The Labute approximate surface area is 204 Å². The van der Waals surface area contributed by atoms with Crippen LogP contribution >= 0.6 is 0 Å². The average molecular weight is 506 g/mol. The zero-order chi connectivity index (χ0) is 26.9. The molecule has 0 bridgehead atoms. The standard InChI is InChI=1S/C23H26F3N7O3/c1-2-3-16(23(24,25)26)10-17(27)8-9-18-12-31-21(29)22(35)33(18)13-19(34)30-11-14-4-6-15(7-5-14)20(28)32-36/h2,4-8,10,12,36H,1,3,9,11,13,27H2,(H2,28,32)(H2,29,31)(H,30,34)/b16-10+,17-8+. The Morgan fingerprint density at radius 1 is 1.25 bits per heavy atom. The summed E-state index contributed by atoms with van der Waals surface area (Å²) in [7, 11) is 0. The molecule has 1 amide bonds. The summed E-state index contributed by atoms with van der Waals surface area (Å²) >= 11 is 0. The lowest BCUT2D eigenvalue weighted by Gasteiger charge is -2.13. The maximum absolute atomic E-state index is 13.1. The average Bonchev–Trinajstić information content (AvgIpc) is 2.84. The minimum absolute atomic E-state index is 0.0618. The molecule has 0 aliphatic heterocycles. The van der Waals surface area contributed by atoms with E-state index in [9.17, 15) is 22.8 Å². The van der Waals surface area contributed by atoms with Crippen LogP contribution in [0.25, 0.3) is 0 Å². The zero-order valence-electron chi connectivity index (χ0n) is 19.1. The predicted octanol–water partition coefficient (Wildman–Crippen LogP) is 1.69. The van der Waals surface area contributed by atoms with Crippen molar-refractivity contribution < 1.29 is 23.2 Å². The van der Waals surface area contributed by atoms with Crippen molar-refractivity contribution in [3.05, 3.63) is 93.7 Å². The first-order chi connectivity index (χ1) is 17.0. The summed E-state index contributed by atoms with van der Waals surface area (Å²) in [5.74, 6) is -0.924. The summed E-state index contributed by atoms with van der Waals surface area (Å²) in [6.07, 6.45) is -0.650. The first kappa shape index (κ1) is 27.7. The molecule has 0 radical (unpaired) electrons. The zero-order valence-corrected chi connectivity index (χ0v) is 19.1. The van der Waals surface area contributed by atoms with E-state index in [0.29, 0.717) is 11.1 Å². The molecule has 0 saturated carbocycles. The molecule has 0 fully saturated rings. The quantitative estimate of drug-likeness (QED) is 0.0815. The van der Waals surface area contributed by atoms with Gasteiger partial charge in [0.05, 0.1) is 0 Å². The molecule has 1 aromatic carbocycles. The number of nitrogens with two attached hydrogens (primary N) is 3. The lowest BCUT2D eigenvalue weighted by Crippen LogP contribution is -2.35. The second-order valence-corrected chi connectivity index (χ2v) is 7.55. The van der Waals surface area contributed by atoms with Gasteiger partial charge in [-0.3, -0.25) is 14.2 Å². The molecule has 2 aromatic rings. The number of nitrogens with one attached hydrogen (secondary N) is 1. The number of aromatic nitrogens is 2. The molecule has 0 aliphatic carbocycles. The van der Waals surface area contributed by atoms with E-state index in [2.05, 4.69) is 22.0 Å². The fraction of sp³-hybridized carbons (Fsp3) is 0.217. The van der Waals surface area contributed by atoms with E-state index in [4.69, 9.17) is 22.4 Å². The van der Waals surface area contributed by atoms with Crippen LogP contribution in [0.2, 0.25) is 0 Å². The van der Waals surface area contributed by atoms with E-state index in [1.165, 1.54) is 12.3 Å². The second kappa shape index (κ2) is 12.2. The number of hydrogen-bond donors (Lipinski definition) is 5. The first-order valence-corrected chi connectivity index (χ1v) is 10.5. The van der Waals surface area contributed by atoms with Gasteiger partial charge in [0, 0.05) is 41.7 Å². The molecule has 13 heteroatoms. The Kier molecular flexibility index (Phi) is 9.42. The first-order valence-electron chi connectivity index (χ1n) is 10.5. The Bertz CT molecular complexity index is 1250. The van der Waals surface area contributed by atoms with Crippen molar-refractivity contribution >= 4 is 17.6 Å². The van der Waals surface area contributed by atoms with Crippen LogP contribution in [0.4, 0.5) is 19.0 Å². The number of nitrogens with zero attached hydrogens (tertiary/aromatic N) is 3. The van der Waals surface area contributed by atoms with Gasteiger partial charge in [0.2, 0.25) is 5.91 Å². The Hall–Kier alpha value is -4.55. The van der Waals surface area contributed by atoms with Crippen molar-refractivity contribution in [2.24, 2.45) is 16.6 Å². The minimum atomic E-state index is -4.57. The van der Waals surface area contributed by atoms with E-state index in [-0.39, 0.29) is 36.0 Å². The van der Waals surface area contributed by atoms with Gasteiger partial charge in [0.1, 0.15) is 6.54 Å². The summed E-state index contributed by atoms with van der Waals surface area (Å²) in [5.41, 5.74) is 16.5. The van der Waals surface area contributed by atoms with Gasteiger partial charge >= 0.3 is 6.18 Å². The number of anilines is 1. The van der Waals surface area contributed by atoms with Crippen LogP contribution in [0, 0.1) is 0 Å². The normalized spacial score (nSPS) is 12.9. The van der Waals surface area contributed by atoms with Crippen molar-refractivity contribution in [3.8, 4) is 0 Å². The van der Waals surface area contributed by atoms with E-state index in [1.807, 2.05) is 0 Å². The Morgan fingerprint density at radius 3 is 2.50 bits per heavy atom. The van der Waals surface area contributed by atoms with Gasteiger partial charge in [0.15, 0.2) is 11.7 Å². The van der Waals surface area contributed by atoms with Crippen LogP contribution in [-0.4, -0.2) is 32.7 Å². The summed E-state index contributed by atoms with van der Waals surface area (Å²) in [4.78, 5) is 28.8. The van der Waals surface area contributed by atoms with Crippen LogP contribution in [0.1, 0.15) is 23.2 Å². The number of hydrogen-bond acceptors (Lipinski definition) is 7. The van der Waals surface area contributed by atoms with Gasteiger partial charge in [-0.15, -0.1) is 6.58 Å². The number of oxime groups is 1. The summed E-state index contributed by atoms with van der Waals surface area (Å²) in [5, 5.41) is 14.3. The maximum atomic E-state index is 13.1. The third kappa shape index (κ3) is 7.75. The molecule has 0 aliphatic rings. The predicted molar refractivity (Wildman–Crippen MR) is 129 cm³/mol. The highest BCUT2D eigenvalue weighted by Gasteiger charge is 2.32. The molecule has 36 heavy (non-hydrogen) atoms. The summed E-state index contributed by atoms with van der Waals surface area (Å²) in [6, 6.07) is 6.54. The number of carbonyl (C=O) groups is 1. The van der Waals surface area contributed by atoms with Crippen molar-refractivity contribution in [1.82, 2.24) is 14.9 Å². The number of nitrogen functional groups attached to an aromatic ring is 1. The van der Waals surface area contributed by atoms with Gasteiger partial charge in [0.25, 0.3) is 5.56 Å². The van der Waals surface area contributed by atoms with Crippen LogP contribution < -0.4 is 28.1 Å². The molecule has 10 nitrogen and oxygen atoms in total. The van der Waals surface area contributed by atoms with E-state index >= 15 is 0 Å². The second-order valence-electron chi connectivity index (χ2n) is 7.55. The van der Waals surface area contributed by atoms with E-state index in [1.54, 1.807) is 24.3 Å². The third-order valence-electron chi connectivity index (χ3n) is 4.93. The van der Waals surface area contributed by atoms with Crippen LogP contribution in [0.3, 0.4) is 0 Å². The number of amides is 1. The van der Waals surface area contributed by atoms with Gasteiger partial charge in [-0.25, -0.2) is 4.98 Å². The summed E-state index contributed by atoms with van der Waals surface area (Å²) in [6.45, 7) is 3.02. The lowest BCUT2D eigenvalue weighted by molar-refractivity contribution is -0.121. The van der Waals surface area contributed by atoms with E-state index in [0.717, 1.165) is 16.7 Å². The lowest BCUT2D eigenvalue weighted by atomic mass is 10.1. The number of allylic oxidation sites excluding steroid dienone is 4. The largest absolute Gasteiger partial charge is 0.413 e. The minimum Gasteiger partial charge on any atom is -0.409 e. The third-order valence-corrected chi connectivity index (χ3v) is 4.93. The number of carbonyl (C=O) groups excluding carboxylic acids is 1. The maximum Gasteiger partial charge on any atom is 0.413 e. The molecule has 1 aromatic heterocycles. The summed E-state index contributed by atoms with van der Waals surface area (Å²) < 4.78 is 40.3. The smallest absolute Gasteiger partial charge is 0.409 e. The molecular formula is C23H26F3N7O3. The number of amidine groups is 1. The van der Waals surface area contributed by atoms with Gasteiger partial charge in [-0.05, 0) is 18.1 Å². The highest BCUT2D eigenvalue weighted by atomic mass is 19.4. The Balaban J connectivity index is 2.16. The van der Waals surface area contributed by atoms with Crippen molar-refractivity contribution in [2.45, 2.75) is 32.1 Å². The van der Waals surface area contributed by atoms with E-state index < -0.39 is 36.2 Å². The van der Waals surface area contributed by atoms with Crippen molar-refractivity contribution in [2.75, 3.05) is 5.73 Å². The molecule has 1 heterocycles. The van der Waals surface area contributed by atoms with Gasteiger partial charge in [-0.1, -0.05) is 41.6 Å². The Morgan fingerprint density at radius 2 is 1.92 bits per heavy atom. The fourth-order valence-corrected chi connectivity index (χ4v) is 3.02. The molecule has 2 rings (SSSR count). The monoisotopic (exact) mass is 505 g/mol. The molecular weight excluding hydrogens is 479 g/mol. The molecule has 0 atom stereocenters. The molecule has 192 valence electrons. The number of benzene rings is 1. The topological polar surface area (TPSA) is 175 Å². The highest BCUT2D eigenvalue weighted by molar-refractivity contribution is 5.96. The van der Waals surface area contributed by atoms with Gasteiger partial charge < -0.3 is 27.7 Å². The number of alkyl halides is 3. The van der Waals surface area contributed by atoms with Crippen molar-refractivity contribution in [3.63, 3.8) is 0 Å². The molecule has 0 saturated heterocycles.